The molecule has 1 fully saturated rings. The van der Waals surface area contributed by atoms with Crippen molar-refractivity contribution in [1.82, 2.24) is 20.2 Å². The van der Waals surface area contributed by atoms with Gasteiger partial charge in [-0.2, -0.15) is 0 Å². The minimum atomic E-state index is -0.765. The molecule has 0 saturated carbocycles. The molecule has 3 aromatic rings. The van der Waals surface area contributed by atoms with Gasteiger partial charge >= 0.3 is 0 Å². The molecule has 0 aliphatic carbocycles. The standard InChI is InChI=1S/C25H28N4O5/c1-2-34-19-11-7-6-10-18(19)16-26-24(31)20-22(30)25(32)28-23(27-20)21(17-8-4-3-5-9-17)29-12-14-33-15-13-29/h3-11,21,30H,2,12-16H2,1H3,(H,26,31)(H,27,28,32). The molecule has 9 nitrogen and oxygen atoms in total. The van der Waals surface area contributed by atoms with Crippen molar-refractivity contribution >= 4 is 5.91 Å². The minimum Gasteiger partial charge on any atom is -0.501 e. The number of nitrogens with zero attached hydrogens (tertiary/aromatic N) is 2. The normalized spacial score (nSPS) is 15.0. The number of morpholine rings is 1. The summed E-state index contributed by atoms with van der Waals surface area (Å²) < 4.78 is 11.1. The Morgan fingerprint density at radius 1 is 1.18 bits per heavy atom. The second-order valence-electron chi connectivity index (χ2n) is 7.83. The molecular weight excluding hydrogens is 436 g/mol. The average Bonchev–Trinajstić information content (AvgIpc) is 2.87. The predicted octanol–water partition coefficient (Wildman–Crippen LogP) is 2.23. The van der Waals surface area contributed by atoms with Crippen molar-refractivity contribution in [2.75, 3.05) is 32.9 Å². The molecule has 1 unspecified atom stereocenters. The summed E-state index contributed by atoms with van der Waals surface area (Å²) in [6.07, 6.45) is 0. The maximum atomic E-state index is 13.0. The number of rotatable bonds is 8. The van der Waals surface area contributed by atoms with E-state index in [9.17, 15) is 14.7 Å². The Morgan fingerprint density at radius 3 is 2.62 bits per heavy atom. The highest BCUT2D eigenvalue weighted by Gasteiger charge is 2.29. The van der Waals surface area contributed by atoms with E-state index in [1.165, 1.54) is 0 Å². The Morgan fingerprint density at radius 2 is 1.88 bits per heavy atom. The van der Waals surface area contributed by atoms with Crippen molar-refractivity contribution in [2.24, 2.45) is 0 Å². The SMILES string of the molecule is CCOc1ccccc1CNC(=O)c1nc(C(c2ccccc2)N2CCOCC2)[nH]c(=O)c1O. The molecule has 0 spiro atoms. The van der Waals surface area contributed by atoms with Crippen LogP contribution in [0.15, 0.2) is 59.4 Å². The fourth-order valence-electron chi connectivity index (χ4n) is 3.99. The molecule has 0 bridgehead atoms. The molecule has 3 N–H and O–H groups in total. The van der Waals surface area contributed by atoms with E-state index in [0.717, 1.165) is 11.1 Å². The molecule has 1 atom stereocenters. The lowest BCUT2D eigenvalue weighted by atomic mass is 10.0. The van der Waals surface area contributed by atoms with E-state index in [-0.39, 0.29) is 18.1 Å². The third kappa shape index (κ3) is 5.27. The minimum absolute atomic E-state index is 0.157. The van der Waals surface area contributed by atoms with Gasteiger partial charge in [-0.1, -0.05) is 48.5 Å². The number of para-hydroxylation sites is 1. The zero-order valence-corrected chi connectivity index (χ0v) is 19.0. The summed E-state index contributed by atoms with van der Waals surface area (Å²) in [4.78, 5) is 34.8. The number of carbonyl (C=O) groups is 1. The zero-order chi connectivity index (χ0) is 23.9. The second-order valence-corrected chi connectivity index (χ2v) is 7.83. The number of nitrogens with one attached hydrogen (secondary N) is 2. The van der Waals surface area contributed by atoms with Crippen molar-refractivity contribution < 1.29 is 19.4 Å². The largest absolute Gasteiger partial charge is 0.501 e. The number of benzene rings is 2. The first-order valence-electron chi connectivity index (χ1n) is 11.3. The highest BCUT2D eigenvalue weighted by Crippen LogP contribution is 2.27. The fraction of sp³-hybridized carbons (Fsp3) is 0.320. The van der Waals surface area contributed by atoms with Gasteiger partial charge in [0.2, 0.25) is 5.75 Å². The van der Waals surface area contributed by atoms with E-state index >= 15 is 0 Å². The molecule has 2 aromatic carbocycles. The molecule has 0 radical (unpaired) electrons. The first kappa shape index (κ1) is 23.5. The van der Waals surface area contributed by atoms with Gasteiger partial charge in [-0.25, -0.2) is 4.98 Å². The molecule has 1 amide bonds. The fourth-order valence-corrected chi connectivity index (χ4v) is 3.99. The van der Waals surface area contributed by atoms with Crippen molar-refractivity contribution in [3.8, 4) is 11.5 Å². The van der Waals surface area contributed by atoms with Crippen molar-refractivity contribution in [1.29, 1.82) is 0 Å². The summed E-state index contributed by atoms with van der Waals surface area (Å²) in [5.41, 5.74) is 0.605. The van der Waals surface area contributed by atoms with Crippen molar-refractivity contribution in [3.05, 3.63) is 87.6 Å². The van der Waals surface area contributed by atoms with E-state index in [4.69, 9.17) is 9.47 Å². The van der Waals surface area contributed by atoms with Gasteiger partial charge in [0, 0.05) is 25.2 Å². The molecule has 2 heterocycles. The summed E-state index contributed by atoms with van der Waals surface area (Å²) in [7, 11) is 0. The van der Waals surface area contributed by atoms with Crippen LogP contribution in [0.3, 0.4) is 0 Å². The number of hydrogen-bond acceptors (Lipinski definition) is 7. The lowest BCUT2D eigenvalue weighted by Gasteiger charge is -2.34. The number of aromatic hydroxyl groups is 1. The number of amides is 1. The van der Waals surface area contributed by atoms with E-state index < -0.39 is 23.3 Å². The lowest BCUT2D eigenvalue weighted by Crippen LogP contribution is -2.41. The lowest BCUT2D eigenvalue weighted by molar-refractivity contribution is 0.0223. The smallest absolute Gasteiger partial charge is 0.293 e. The molecule has 1 aromatic heterocycles. The molecular formula is C25H28N4O5. The van der Waals surface area contributed by atoms with E-state index in [1.807, 2.05) is 61.5 Å². The van der Waals surface area contributed by atoms with Crippen LogP contribution in [0, 0.1) is 0 Å². The van der Waals surface area contributed by atoms with Crippen LogP contribution >= 0.6 is 0 Å². The molecule has 4 rings (SSSR count). The molecule has 34 heavy (non-hydrogen) atoms. The molecule has 1 aliphatic heterocycles. The van der Waals surface area contributed by atoms with Gasteiger partial charge in [0.05, 0.1) is 25.9 Å². The van der Waals surface area contributed by atoms with Gasteiger partial charge in [0.15, 0.2) is 5.69 Å². The summed E-state index contributed by atoms with van der Waals surface area (Å²) in [5.74, 6) is -0.417. The molecule has 1 aliphatic rings. The van der Waals surface area contributed by atoms with Crippen molar-refractivity contribution in [2.45, 2.75) is 19.5 Å². The maximum absolute atomic E-state index is 13.0. The van der Waals surface area contributed by atoms with E-state index in [0.29, 0.717) is 38.7 Å². The summed E-state index contributed by atoms with van der Waals surface area (Å²) >= 11 is 0. The van der Waals surface area contributed by atoms with Crippen LogP contribution in [0.25, 0.3) is 0 Å². The van der Waals surface area contributed by atoms with Crippen LogP contribution in [0.5, 0.6) is 11.5 Å². The Bertz CT molecular complexity index is 1180. The van der Waals surface area contributed by atoms with Crippen LogP contribution in [-0.2, 0) is 11.3 Å². The number of H-pyrrole nitrogens is 1. The third-order valence-corrected chi connectivity index (χ3v) is 5.63. The van der Waals surface area contributed by atoms with Crippen LogP contribution in [0.4, 0.5) is 0 Å². The molecule has 9 heteroatoms. The van der Waals surface area contributed by atoms with Crippen LogP contribution in [0.2, 0.25) is 0 Å². The summed E-state index contributed by atoms with van der Waals surface area (Å²) in [6.45, 7) is 4.92. The van der Waals surface area contributed by atoms with Gasteiger partial charge in [-0.15, -0.1) is 0 Å². The van der Waals surface area contributed by atoms with E-state index in [2.05, 4.69) is 20.2 Å². The monoisotopic (exact) mass is 464 g/mol. The molecule has 1 saturated heterocycles. The number of carbonyl (C=O) groups excluding carboxylic acids is 1. The van der Waals surface area contributed by atoms with Gasteiger partial charge in [-0.3, -0.25) is 14.5 Å². The van der Waals surface area contributed by atoms with Crippen LogP contribution in [-0.4, -0.2) is 58.8 Å². The molecule has 178 valence electrons. The number of aromatic amines is 1. The Balaban J connectivity index is 1.64. The van der Waals surface area contributed by atoms with Gasteiger partial charge in [0.25, 0.3) is 11.5 Å². The average molecular weight is 465 g/mol. The third-order valence-electron chi connectivity index (χ3n) is 5.63. The first-order chi connectivity index (χ1) is 16.6. The maximum Gasteiger partial charge on any atom is 0.293 e. The van der Waals surface area contributed by atoms with Gasteiger partial charge < -0.3 is 24.9 Å². The zero-order valence-electron chi connectivity index (χ0n) is 19.0. The highest BCUT2D eigenvalue weighted by molar-refractivity contribution is 5.94. The number of hydrogen-bond donors (Lipinski definition) is 3. The predicted molar refractivity (Wildman–Crippen MR) is 126 cm³/mol. The van der Waals surface area contributed by atoms with Crippen molar-refractivity contribution in [3.63, 3.8) is 0 Å². The Hall–Kier alpha value is -3.69. The highest BCUT2D eigenvalue weighted by atomic mass is 16.5. The van der Waals surface area contributed by atoms with Gasteiger partial charge in [-0.05, 0) is 18.6 Å². The Kier molecular flexibility index (Phi) is 7.56. The number of ether oxygens (including phenoxy) is 2. The summed E-state index contributed by atoms with van der Waals surface area (Å²) in [6, 6.07) is 16.6. The Labute approximate surface area is 197 Å². The summed E-state index contributed by atoms with van der Waals surface area (Å²) in [5, 5.41) is 13.1. The second kappa shape index (κ2) is 11.0. The number of aromatic nitrogens is 2. The van der Waals surface area contributed by atoms with E-state index in [1.54, 1.807) is 0 Å². The van der Waals surface area contributed by atoms with Gasteiger partial charge in [0.1, 0.15) is 11.6 Å². The van der Waals surface area contributed by atoms with Crippen LogP contribution in [0.1, 0.15) is 40.4 Å². The van der Waals surface area contributed by atoms with Crippen LogP contribution < -0.4 is 15.6 Å². The first-order valence-corrected chi connectivity index (χ1v) is 11.3. The quantitative estimate of drug-likeness (QED) is 0.468. The topological polar surface area (TPSA) is 117 Å².